The quantitative estimate of drug-likeness (QED) is 0.741. The maximum atomic E-state index is 13.8. The van der Waals surface area contributed by atoms with Gasteiger partial charge in [-0.2, -0.15) is 0 Å². The summed E-state index contributed by atoms with van der Waals surface area (Å²) >= 11 is 0. The Labute approximate surface area is 133 Å². The van der Waals surface area contributed by atoms with Gasteiger partial charge in [0.15, 0.2) is 11.6 Å². The molecule has 0 bridgehead atoms. The summed E-state index contributed by atoms with van der Waals surface area (Å²) in [7, 11) is 3.35. The van der Waals surface area contributed by atoms with Gasteiger partial charge in [0.1, 0.15) is 12.1 Å². The largest absolute Gasteiger partial charge is 0.494 e. The highest BCUT2D eigenvalue weighted by Gasteiger charge is 2.13. The van der Waals surface area contributed by atoms with Crippen LogP contribution in [-0.4, -0.2) is 29.1 Å². The number of aryl methyl sites for hydroxylation is 1. The lowest BCUT2D eigenvalue weighted by Crippen LogP contribution is -2.19. The smallest absolute Gasteiger partial charge is 0.167 e. The van der Waals surface area contributed by atoms with E-state index in [9.17, 15) is 4.39 Å². The molecule has 0 saturated carbocycles. The third-order valence-electron chi connectivity index (χ3n) is 3.62. The summed E-state index contributed by atoms with van der Waals surface area (Å²) in [4.78, 5) is 14.8. The minimum absolute atomic E-state index is 0.176. The number of rotatable bonds is 4. The average Bonchev–Trinajstić information content (AvgIpc) is 2.55. The summed E-state index contributed by atoms with van der Waals surface area (Å²) in [6, 6.07) is 6.98. The van der Waals surface area contributed by atoms with Crippen molar-refractivity contribution in [3.63, 3.8) is 0 Å². The lowest BCUT2D eigenvalue weighted by atomic mass is 10.2. The second-order valence-corrected chi connectivity index (χ2v) is 5.38. The van der Waals surface area contributed by atoms with E-state index in [4.69, 9.17) is 4.74 Å². The van der Waals surface area contributed by atoms with Crippen LogP contribution in [-0.2, 0) is 6.54 Å². The van der Waals surface area contributed by atoms with Crippen molar-refractivity contribution in [1.82, 2.24) is 15.0 Å². The number of ether oxygens (including phenoxy) is 1. The molecule has 0 spiro atoms. The highest BCUT2D eigenvalue weighted by Crippen LogP contribution is 2.29. The van der Waals surface area contributed by atoms with Crippen molar-refractivity contribution < 1.29 is 9.13 Å². The molecule has 0 aliphatic heterocycles. The van der Waals surface area contributed by atoms with Crippen molar-refractivity contribution in [1.29, 1.82) is 0 Å². The maximum Gasteiger partial charge on any atom is 0.167 e. The highest BCUT2D eigenvalue weighted by molar-refractivity contribution is 5.90. The van der Waals surface area contributed by atoms with E-state index in [-0.39, 0.29) is 5.75 Å². The molecule has 0 aliphatic carbocycles. The van der Waals surface area contributed by atoms with Gasteiger partial charge in [-0.05, 0) is 24.6 Å². The van der Waals surface area contributed by atoms with Gasteiger partial charge >= 0.3 is 0 Å². The minimum atomic E-state index is -0.437. The zero-order valence-electron chi connectivity index (χ0n) is 13.2. The Hall–Kier alpha value is -2.76. The molecule has 6 heteroatoms. The first-order valence-corrected chi connectivity index (χ1v) is 7.19. The molecule has 0 atom stereocenters. The van der Waals surface area contributed by atoms with Crippen LogP contribution in [0.4, 0.5) is 10.2 Å². The van der Waals surface area contributed by atoms with Crippen LogP contribution >= 0.6 is 0 Å². The molecule has 0 saturated heterocycles. The second-order valence-electron chi connectivity index (χ2n) is 5.38. The van der Waals surface area contributed by atoms with Gasteiger partial charge in [0.25, 0.3) is 0 Å². The van der Waals surface area contributed by atoms with Gasteiger partial charge < -0.3 is 9.64 Å². The van der Waals surface area contributed by atoms with Crippen molar-refractivity contribution in [3.05, 3.63) is 53.9 Å². The third-order valence-corrected chi connectivity index (χ3v) is 3.62. The molecular weight excluding hydrogens is 295 g/mol. The first-order chi connectivity index (χ1) is 11.1. The number of methoxy groups -OCH3 is 1. The van der Waals surface area contributed by atoms with Gasteiger partial charge in [-0.1, -0.05) is 6.07 Å². The fourth-order valence-electron chi connectivity index (χ4n) is 2.41. The Morgan fingerprint density at radius 2 is 2.00 bits per heavy atom. The summed E-state index contributed by atoms with van der Waals surface area (Å²) in [5, 5.41) is 0.736. The molecule has 0 radical (unpaired) electrons. The van der Waals surface area contributed by atoms with E-state index in [2.05, 4.69) is 15.0 Å². The Balaban J connectivity index is 1.99. The third kappa shape index (κ3) is 3.06. The first-order valence-electron chi connectivity index (χ1n) is 7.19. The van der Waals surface area contributed by atoms with Gasteiger partial charge in [-0.3, -0.25) is 4.98 Å². The fraction of sp³-hybridized carbons (Fsp3) is 0.235. The van der Waals surface area contributed by atoms with Gasteiger partial charge in [0.2, 0.25) is 0 Å². The van der Waals surface area contributed by atoms with E-state index in [1.54, 1.807) is 6.07 Å². The molecule has 118 valence electrons. The predicted molar refractivity (Wildman–Crippen MR) is 87.1 cm³/mol. The molecule has 23 heavy (non-hydrogen) atoms. The molecule has 3 aromatic rings. The molecule has 0 unspecified atom stereocenters. The number of anilines is 1. The van der Waals surface area contributed by atoms with E-state index < -0.39 is 5.82 Å². The molecular formula is C17H17FN4O. The number of hydrogen-bond donors (Lipinski definition) is 0. The second kappa shape index (κ2) is 6.16. The number of hydrogen-bond acceptors (Lipinski definition) is 5. The van der Waals surface area contributed by atoms with Crippen LogP contribution in [0.2, 0.25) is 0 Å². The van der Waals surface area contributed by atoms with Crippen molar-refractivity contribution in [2.24, 2.45) is 0 Å². The van der Waals surface area contributed by atoms with Crippen LogP contribution in [0.25, 0.3) is 10.9 Å². The molecule has 2 heterocycles. The summed E-state index contributed by atoms with van der Waals surface area (Å²) in [6.07, 6.45) is 3.27. The first kappa shape index (κ1) is 15.1. The normalized spacial score (nSPS) is 10.8. The van der Waals surface area contributed by atoms with Crippen LogP contribution in [0, 0.1) is 12.7 Å². The maximum absolute atomic E-state index is 13.8. The summed E-state index contributed by atoms with van der Waals surface area (Å²) in [5.41, 5.74) is 2.58. The lowest BCUT2D eigenvalue weighted by molar-refractivity contribution is 0.387. The predicted octanol–water partition coefficient (Wildman–Crippen LogP) is 3.12. The zero-order valence-corrected chi connectivity index (χ0v) is 13.2. The zero-order chi connectivity index (χ0) is 16.4. The molecule has 0 aliphatic rings. The van der Waals surface area contributed by atoms with E-state index in [0.717, 1.165) is 16.6 Å². The molecule has 0 amide bonds. The van der Waals surface area contributed by atoms with Crippen LogP contribution in [0.1, 0.15) is 11.3 Å². The number of fused-ring (bicyclic) bond motifs is 1. The monoisotopic (exact) mass is 312 g/mol. The van der Waals surface area contributed by atoms with E-state index in [1.807, 2.05) is 37.2 Å². The Morgan fingerprint density at radius 3 is 2.70 bits per heavy atom. The molecule has 0 N–H and O–H groups in total. The number of nitrogens with zero attached hydrogens (tertiary/aromatic N) is 4. The van der Waals surface area contributed by atoms with E-state index in [1.165, 1.54) is 19.5 Å². The van der Waals surface area contributed by atoms with Crippen molar-refractivity contribution in [2.75, 3.05) is 19.1 Å². The summed E-state index contributed by atoms with van der Waals surface area (Å²) in [6.45, 7) is 2.59. The highest BCUT2D eigenvalue weighted by atomic mass is 19.1. The van der Waals surface area contributed by atoms with Gasteiger partial charge in [0.05, 0.1) is 24.9 Å². The van der Waals surface area contributed by atoms with Gasteiger partial charge in [-0.25, -0.2) is 14.4 Å². The number of pyridine rings is 1. The molecule has 5 nitrogen and oxygen atoms in total. The van der Waals surface area contributed by atoms with Crippen molar-refractivity contribution in [3.8, 4) is 5.75 Å². The molecule has 2 aromatic heterocycles. The molecule has 0 fully saturated rings. The standard InChI is InChI=1S/C17H17FN4O/c1-11-4-5-12(19-8-11)9-22(2)17-13-6-16(23-3)14(18)7-15(13)20-10-21-17/h4-8,10H,9H2,1-3H3. The van der Waals surface area contributed by atoms with E-state index >= 15 is 0 Å². The van der Waals surface area contributed by atoms with E-state index in [0.29, 0.717) is 17.9 Å². The molecule has 1 aromatic carbocycles. The van der Waals surface area contributed by atoms with Gasteiger partial charge in [0, 0.05) is 24.7 Å². The van der Waals surface area contributed by atoms with Crippen LogP contribution < -0.4 is 9.64 Å². The SMILES string of the molecule is COc1cc2c(N(C)Cc3ccc(C)cn3)ncnc2cc1F. The summed E-state index contributed by atoms with van der Waals surface area (Å²) < 4.78 is 18.9. The van der Waals surface area contributed by atoms with Crippen LogP contribution in [0.3, 0.4) is 0 Å². The average molecular weight is 312 g/mol. The molecule has 3 rings (SSSR count). The Kier molecular flexibility index (Phi) is 4.06. The fourth-order valence-corrected chi connectivity index (χ4v) is 2.41. The lowest BCUT2D eigenvalue weighted by Gasteiger charge is -2.19. The van der Waals surface area contributed by atoms with Crippen molar-refractivity contribution >= 4 is 16.7 Å². The topological polar surface area (TPSA) is 51.1 Å². The Morgan fingerprint density at radius 1 is 1.17 bits per heavy atom. The number of benzene rings is 1. The Bertz CT molecular complexity index is 836. The summed E-state index contributed by atoms with van der Waals surface area (Å²) in [5.74, 6) is 0.443. The van der Waals surface area contributed by atoms with Crippen LogP contribution in [0.5, 0.6) is 5.75 Å². The van der Waals surface area contributed by atoms with Crippen LogP contribution in [0.15, 0.2) is 36.8 Å². The number of halogens is 1. The minimum Gasteiger partial charge on any atom is -0.494 e. The van der Waals surface area contributed by atoms with Gasteiger partial charge in [-0.15, -0.1) is 0 Å². The number of aromatic nitrogens is 3. The van der Waals surface area contributed by atoms with Crippen molar-refractivity contribution in [2.45, 2.75) is 13.5 Å².